The van der Waals surface area contributed by atoms with Crippen LogP contribution in [-0.2, 0) is 11.3 Å². The first-order chi connectivity index (χ1) is 15.7. The Labute approximate surface area is 196 Å². The molecule has 0 radical (unpaired) electrons. The molecule has 0 bridgehead atoms. The van der Waals surface area contributed by atoms with Gasteiger partial charge >= 0.3 is 6.03 Å². The van der Waals surface area contributed by atoms with Crippen LogP contribution < -0.4 is 10.2 Å². The zero-order valence-corrected chi connectivity index (χ0v) is 19.2. The summed E-state index contributed by atoms with van der Waals surface area (Å²) in [5, 5.41) is 7.24. The zero-order chi connectivity index (χ0) is 23.6. The number of piperazine rings is 1. The normalized spacial score (nSPS) is 18.9. The summed E-state index contributed by atoms with van der Waals surface area (Å²) >= 11 is 6.21. The van der Waals surface area contributed by atoms with Crippen LogP contribution in [0.25, 0.3) is 0 Å². The van der Waals surface area contributed by atoms with Crippen LogP contribution in [0.15, 0.2) is 30.5 Å². The number of nitrogens with one attached hydrogen (secondary N) is 1. The van der Waals surface area contributed by atoms with E-state index in [9.17, 15) is 18.4 Å². The predicted octanol–water partition coefficient (Wildman–Crippen LogP) is 3.52. The maximum atomic E-state index is 13.6. The molecule has 0 aliphatic carbocycles. The second kappa shape index (κ2) is 9.64. The fraction of sp³-hybridized carbons (Fsp3) is 0.500. The summed E-state index contributed by atoms with van der Waals surface area (Å²) in [4.78, 5) is 29.8. The number of hydrogen-bond acceptors (Lipinski definition) is 5. The van der Waals surface area contributed by atoms with E-state index in [0.29, 0.717) is 56.7 Å². The SMILES string of the molecule is CC(=O)Nc1ccn(C(=O)N2CCN(Cc3ccc(Cl)cc3N3CCC(F)(F)CC3)CC2)n1. The molecule has 1 N–H and O–H groups in total. The Morgan fingerprint density at radius 3 is 2.45 bits per heavy atom. The van der Waals surface area contributed by atoms with Crippen molar-refractivity contribution >= 4 is 35.0 Å². The molecule has 0 spiro atoms. The molecule has 0 saturated carbocycles. The lowest BCUT2D eigenvalue weighted by atomic mass is 10.0. The van der Waals surface area contributed by atoms with Gasteiger partial charge in [0, 0.05) is 88.6 Å². The van der Waals surface area contributed by atoms with Crippen molar-refractivity contribution in [2.45, 2.75) is 32.2 Å². The first-order valence-corrected chi connectivity index (χ1v) is 11.3. The molecule has 2 fully saturated rings. The number of amides is 2. The molecule has 11 heteroatoms. The number of alkyl halides is 2. The van der Waals surface area contributed by atoms with Gasteiger partial charge in [0.25, 0.3) is 5.92 Å². The highest BCUT2D eigenvalue weighted by molar-refractivity contribution is 6.30. The molecule has 0 atom stereocenters. The highest BCUT2D eigenvalue weighted by Gasteiger charge is 2.34. The molecule has 33 heavy (non-hydrogen) atoms. The largest absolute Gasteiger partial charge is 0.371 e. The Balaban J connectivity index is 1.36. The van der Waals surface area contributed by atoms with Gasteiger partial charge in [-0.2, -0.15) is 4.68 Å². The monoisotopic (exact) mass is 480 g/mol. The number of benzene rings is 1. The van der Waals surface area contributed by atoms with E-state index < -0.39 is 5.92 Å². The van der Waals surface area contributed by atoms with Gasteiger partial charge in [-0.05, 0) is 17.7 Å². The number of hydrogen-bond donors (Lipinski definition) is 1. The van der Waals surface area contributed by atoms with Crippen molar-refractivity contribution in [3.05, 3.63) is 41.0 Å². The minimum Gasteiger partial charge on any atom is -0.371 e. The summed E-state index contributed by atoms with van der Waals surface area (Å²) in [6.07, 6.45) is 1.22. The van der Waals surface area contributed by atoms with E-state index in [-0.39, 0.29) is 24.8 Å². The van der Waals surface area contributed by atoms with Crippen molar-refractivity contribution in [2.24, 2.45) is 0 Å². The summed E-state index contributed by atoms with van der Waals surface area (Å²) in [7, 11) is 0. The third-order valence-corrected chi connectivity index (χ3v) is 6.24. The average Bonchev–Trinajstić information content (AvgIpc) is 3.23. The smallest absolute Gasteiger partial charge is 0.344 e. The van der Waals surface area contributed by atoms with Crippen LogP contribution in [0.2, 0.25) is 5.02 Å². The van der Waals surface area contributed by atoms with Crippen molar-refractivity contribution in [2.75, 3.05) is 49.5 Å². The van der Waals surface area contributed by atoms with E-state index in [4.69, 9.17) is 11.6 Å². The van der Waals surface area contributed by atoms with Crippen molar-refractivity contribution < 1.29 is 18.4 Å². The molecule has 2 aromatic rings. The first-order valence-electron chi connectivity index (χ1n) is 11.0. The fourth-order valence-electron chi connectivity index (χ4n) is 4.20. The molecular weight excluding hydrogens is 454 g/mol. The Bertz CT molecular complexity index is 1010. The molecule has 1 aromatic heterocycles. The van der Waals surface area contributed by atoms with E-state index >= 15 is 0 Å². The van der Waals surface area contributed by atoms with Crippen LogP contribution in [0.4, 0.5) is 25.1 Å². The predicted molar refractivity (Wildman–Crippen MR) is 122 cm³/mol. The minimum absolute atomic E-state index is 0.156. The molecule has 178 valence electrons. The number of carbonyl (C=O) groups is 2. The number of piperidine rings is 1. The van der Waals surface area contributed by atoms with E-state index in [1.54, 1.807) is 11.0 Å². The van der Waals surface area contributed by atoms with E-state index in [0.717, 1.165) is 11.3 Å². The number of anilines is 2. The Morgan fingerprint density at radius 2 is 1.79 bits per heavy atom. The summed E-state index contributed by atoms with van der Waals surface area (Å²) in [6, 6.07) is 6.96. The van der Waals surface area contributed by atoms with Crippen LogP contribution in [-0.4, -0.2) is 76.7 Å². The first kappa shape index (κ1) is 23.4. The van der Waals surface area contributed by atoms with Crippen molar-refractivity contribution in [3.63, 3.8) is 0 Å². The molecular formula is C22H27ClF2N6O2. The lowest BCUT2D eigenvalue weighted by Gasteiger charge is -2.37. The van der Waals surface area contributed by atoms with Crippen molar-refractivity contribution in [1.29, 1.82) is 0 Å². The molecule has 2 aliphatic rings. The lowest BCUT2D eigenvalue weighted by molar-refractivity contribution is -0.114. The van der Waals surface area contributed by atoms with Gasteiger partial charge in [-0.1, -0.05) is 17.7 Å². The summed E-state index contributed by atoms with van der Waals surface area (Å²) in [5.74, 6) is -2.52. The highest BCUT2D eigenvalue weighted by Crippen LogP contribution is 2.33. The topological polar surface area (TPSA) is 73.7 Å². The second-order valence-corrected chi connectivity index (χ2v) is 8.92. The molecule has 0 unspecified atom stereocenters. The third kappa shape index (κ3) is 5.80. The quantitative estimate of drug-likeness (QED) is 0.725. The lowest BCUT2D eigenvalue weighted by Crippen LogP contribution is -2.49. The van der Waals surface area contributed by atoms with Gasteiger partial charge in [0.1, 0.15) is 0 Å². The van der Waals surface area contributed by atoms with Gasteiger partial charge < -0.3 is 15.1 Å². The van der Waals surface area contributed by atoms with Gasteiger partial charge in [0.05, 0.1) is 0 Å². The molecule has 8 nitrogen and oxygen atoms in total. The molecule has 4 rings (SSSR count). The van der Waals surface area contributed by atoms with E-state index in [2.05, 4.69) is 15.3 Å². The Morgan fingerprint density at radius 1 is 1.09 bits per heavy atom. The molecule has 1 aromatic carbocycles. The van der Waals surface area contributed by atoms with Crippen LogP contribution in [0.5, 0.6) is 0 Å². The minimum atomic E-state index is -2.60. The van der Waals surface area contributed by atoms with Crippen molar-refractivity contribution in [3.8, 4) is 0 Å². The third-order valence-electron chi connectivity index (χ3n) is 6.01. The maximum Gasteiger partial charge on any atom is 0.344 e. The summed E-state index contributed by atoms with van der Waals surface area (Å²) in [5.41, 5.74) is 1.94. The van der Waals surface area contributed by atoms with Gasteiger partial charge in [-0.3, -0.25) is 9.69 Å². The van der Waals surface area contributed by atoms with Crippen LogP contribution in [0, 0.1) is 0 Å². The van der Waals surface area contributed by atoms with Crippen LogP contribution in [0.1, 0.15) is 25.3 Å². The Kier molecular flexibility index (Phi) is 6.85. The molecule has 2 aliphatic heterocycles. The number of halogens is 3. The van der Waals surface area contributed by atoms with E-state index in [1.807, 2.05) is 23.1 Å². The number of rotatable bonds is 4. The molecule has 2 saturated heterocycles. The van der Waals surface area contributed by atoms with Gasteiger partial charge in [0.15, 0.2) is 5.82 Å². The molecule has 3 heterocycles. The highest BCUT2D eigenvalue weighted by atomic mass is 35.5. The van der Waals surface area contributed by atoms with Crippen LogP contribution >= 0.6 is 11.6 Å². The van der Waals surface area contributed by atoms with Gasteiger partial charge in [-0.25, -0.2) is 13.6 Å². The second-order valence-electron chi connectivity index (χ2n) is 8.49. The standard InChI is InChI=1S/C22H27ClF2N6O2/c1-16(32)26-20-4-7-31(27-20)21(33)30-12-10-28(11-13-30)15-17-2-3-18(23)14-19(17)29-8-5-22(24,25)6-9-29/h2-4,7,14H,5-6,8-13,15H2,1H3,(H,26,27,32). The summed E-state index contributed by atoms with van der Waals surface area (Å²) < 4.78 is 28.4. The fourth-order valence-corrected chi connectivity index (χ4v) is 4.37. The molecule has 2 amide bonds. The number of nitrogens with zero attached hydrogens (tertiary/aromatic N) is 5. The number of aromatic nitrogens is 2. The van der Waals surface area contributed by atoms with Gasteiger partial charge in [-0.15, -0.1) is 5.10 Å². The van der Waals surface area contributed by atoms with Gasteiger partial charge in [0.2, 0.25) is 5.91 Å². The summed E-state index contributed by atoms with van der Waals surface area (Å²) in [6.45, 7) is 5.04. The zero-order valence-electron chi connectivity index (χ0n) is 18.4. The maximum absolute atomic E-state index is 13.6. The van der Waals surface area contributed by atoms with E-state index in [1.165, 1.54) is 17.8 Å². The van der Waals surface area contributed by atoms with Crippen LogP contribution in [0.3, 0.4) is 0 Å². The van der Waals surface area contributed by atoms with Crippen molar-refractivity contribution in [1.82, 2.24) is 19.6 Å². The number of carbonyl (C=O) groups excluding carboxylic acids is 2. The Hall–Kier alpha value is -2.72. The average molecular weight is 481 g/mol.